The Morgan fingerprint density at radius 2 is 1.77 bits per heavy atom. The molecule has 0 saturated heterocycles. The number of amides is 1. The maximum Gasteiger partial charge on any atom is 0.331 e. The van der Waals surface area contributed by atoms with Crippen LogP contribution in [-0.2, 0) is 14.3 Å². The SMILES string of the molecule is CCOc1ccc(/C=C/C(=O)OCC(=O)c2ccc3c(c2)[C@@H](C)C(=O)N3)cc1OCC. The van der Waals surface area contributed by atoms with Crippen molar-refractivity contribution in [2.45, 2.75) is 26.7 Å². The Hall–Kier alpha value is -3.61. The monoisotopic (exact) mass is 423 g/mol. The molecular formula is C24H25NO6. The molecule has 0 spiro atoms. The topological polar surface area (TPSA) is 90.9 Å². The Balaban J connectivity index is 1.59. The van der Waals surface area contributed by atoms with Crippen molar-refractivity contribution in [2.24, 2.45) is 0 Å². The molecule has 1 aliphatic heterocycles. The molecule has 2 aromatic rings. The van der Waals surface area contributed by atoms with Crippen LogP contribution in [0.4, 0.5) is 5.69 Å². The van der Waals surface area contributed by atoms with E-state index in [1.54, 1.807) is 49.4 Å². The van der Waals surface area contributed by atoms with Crippen molar-refractivity contribution in [3.8, 4) is 11.5 Å². The smallest absolute Gasteiger partial charge is 0.331 e. The summed E-state index contributed by atoms with van der Waals surface area (Å²) in [6, 6.07) is 10.3. The van der Waals surface area contributed by atoms with Crippen LogP contribution in [0.3, 0.4) is 0 Å². The molecule has 0 fully saturated rings. The number of carbonyl (C=O) groups is 3. The third kappa shape index (κ3) is 5.31. The number of ether oxygens (including phenoxy) is 3. The van der Waals surface area contributed by atoms with Crippen LogP contribution in [0.2, 0.25) is 0 Å². The quantitative estimate of drug-likeness (QED) is 0.373. The van der Waals surface area contributed by atoms with Gasteiger partial charge in [0.25, 0.3) is 0 Å². The Bertz CT molecular complexity index is 1030. The second-order valence-corrected chi connectivity index (χ2v) is 6.95. The molecule has 0 aromatic heterocycles. The second-order valence-electron chi connectivity index (χ2n) is 6.95. The van der Waals surface area contributed by atoms with Gasteiger partial charge in [-0.3, -0.25) is 9.59 Å². The Morgan fingerprint density at radius 3 is 2.52 bits per heavy atom. The van der Waals surface area contributed by atoms with E-state index in [1.807, 2.05) is 13.8 Å². The maximum atomic E-state index is 12.4. The number of benzene rings is 2. The summed E-state index contributed by atoms with van der Waals surface area (Å²) < 4.78 is 16.2. The number of fused-ring (bicyclic) bond motifs is 1. The first-order valence-corrected chi connectivity index (χ1v) is 10.1. The lowest BCUT2D eigenvalue weighted by Gasteiger charge is -2.11. The lowest BCUT2D eigenvalue weighted by atomic mass is 9.99. The number of hydrogen-bond acceptors (Lipinski definition) is 6. The molecule has 0 unspecified atom stereocenters. The Labute approximate surface area is 181 Å². The van der Waals surface area contributed by atoms with Gasteiger partial charge in [-0.1, -0.05) is 6.07 Å². The van der Waals surface area contributed by atoms with Crippen LogP contribution >= 0.6 is 0 Å². The van der Waals surface area contributed by atoms with Gasteiger partial charge in [0.2, 0.25) is 5.91 Å². The Kier molecular flexibility index (Phi) is 7.07. The van der Waals surface area contributed by atoms with Gasteiger partial charge in [0.15, 0.2) is 23.9 Å². The van der Waals surface area contributed by atoms with E-state index < -0.39 is 5.97 Å². The summed E-state index contributed by atoms with van der Waals surface area (Å²) in [6.45, 7) is 6.17. The molecule has 1 heterocycles. The van der Waals surface area contributed by atoms with Crippen LogP contribution in [0.5, 0.6) is 11.5 Å². The van der Waals surface area contributed by atoms with Crippen LogP contribution in [0.1, 0.15) is 48.2 Å². The van der Waals surface area contributed by atoms with Gasteiger partial charge in [0, 0.05) is 17.3 Å². The third-order valence-electron chi connectivity index (χ3n) is 4.82. The predicted molar refractivity (Wildman–Crippen MR) is 117 cm³/mol. The van der Waals surface area contributed by atoms with Crippen LogP contribution in [0, 0.1) is 0 Å². The molecule has 1 atom stereocenters. The lowest BCUT2D eigenvalue weighted by Crippen LogP contribution is -2.13. The van der Waals surface area contributed by atoms with Crippen molar-refractivity contribution in [1.29, 1.82) is 0 Å². The molecule has 7 nitrogen and oxygen atoms in total. The van der Waals surface area contributed by atoms with Crippen molar-refractivity contribution >= 4 is 29.4 Å². The first kappa shape index (κ1) is 22.1. The molecule has 2 aromatic carbocycles. The summed E-state index contributed by atoms with van der Waals surface area (Å²) in [5.74, 6) is -0.159. The van der Waals surface area contributed by atoms with Gasteiger partial charge in [-0.15, -0.1) is 0 Å². The largest absolute Gasteiger partial charge is 0.490 e. The number of carbonyl (C=O) groups excluding carboxylic acids is 3. The molecule has 1 amide bonds. The minimum atomic E-state index is -0.633. The molecule has 162 valence electrons. The van der Waals surface area contributed by atoms with Gasteiger partial charge >= 0.3 is 5.97 Å². The van der Waals surface area contributed by atoms with Crippen LogP contribution < -0.4 is 14.8 Å². The van der Waals surface area contributed by atoms with E-state index in [-0.39, 0.29) is 24.2 Å². The van der Waals surface area contributed by atoms with E-state index >= 15 is 0 Å². The molecule has 7 heteroatoms. The van der Waals surface area contributed by atoms with E-state index in [1.165, 1.54) is 6.08 Å². The summed E-state index contributed by atoms with van der Waals surface area (Å²) in [7, 11) is 0. The van der Waals surface area contributed by atoms with Crippen molar-refractivity contribution in [2.75, 3.05) is 25.1 Å². The summed E-state index contributed by atoms with van der Waals surface area (Å²) in [6.07, 6.45) is 2.84. The van der Waals surface area contributed by atoms with E-state index in [4.69, 9.17) is 14.2 Å². The molecule has 0 radical (unpaired) electrons. The van der Waals surface area contributed by atoms with Gasteiger partial charge in [-0.2, -0.15) is 0 Å². The first-order valence-electron chi connectivity index (χ1n) is 10.1. The summed E-state index contributed by atoms with van der Waals surface area (Å²) >= 11 is 0. The van der Waals surface area contributed by atoms with E-state index in [0.29, 0.717) is 36.0 Å². The van der Waals surface area contributed by atoms with Crippen molar-refractivity contribution in [3.05, 3.63) is 59.2 Å². The van der Waals surface area contributed by atoms with Gasteiger partial charge in [-0.25, -0.2) is 4.79 Å². The Morgan fingerprint density at radius 1 is 1.03 bits per heavy atom. The summed E-state index contributed by atoms with van der Waals surface area (Å²) in [5, 5.41) is 2.76. The van der Waals surface area contributed by atoms with Crippen LogP contribution in [0.15, 0.2) is 42.5 Å². The fraction of sp³-hybridized carbons (Fsp3) is 0.292. The average molecular weight is 423 g/mol. The average Bonchev–Trinajstić information content (AvgIpc) is 3.05. The van der Waals surface area contributed by atoms with Gasteiger partial charge < -0.3 is 19.5 Å². The second kappa shape index (κ2) is 9.93. The van der Waals surface area contributed by atoms with Gasteiger partial charge in [0.05, 0.1) is 19.1 Å². The third-order valence-corrected chi connectivity index (χ3v) is 4.82. The van der Waals surface area contributed by atoms with E-state index in [2.05, 4.69) is 5.32 Å². The standard InChI is InChI=1S/C24H25NO6/c1-4-29-21-10-6-16(12-22(21)30-5-2)7-11-23(27)31-14-20(26)17-8-9-19-18(13-17)15(3)24(28)25-19/h6-13,15H,4-5,14H2,1-3H3,(H,25,28)/b11-7+/t15-/m1/s1. The number of hydrogen-bond donors (Lipinski definition) is 1. The normalized spacial score (nSPS) is 14.8. The number of ketones is 1. The minimum absolute atomic E-state index is 0.0991. The fourth-order valence-corrected chi connectivity index (χ4v) is 3.19. The highest BCUT2D eigenvalue weighted by molar-refractivity contribution is 6.05. The zero-order valence-corrected chi connectivity index (χ0v) is 17.8. The van der Waals surface area contributed by atoms with Crippen LogP contribution in [0.25, 0.3) is 6.08 Å². The number of nitrogens with one attached hydrogen (secondary N) is 1. The van der Waals surface area contributed by atoms with Gasteiger partial charge in [-0.05, 0) is 68.3 Å². The van der Waals surface area contributed by atoms with Crippen molar-refractivity contribution in [3.63, 3.8) is 0 Å². The van der Waals surface area contributed by atoms with E-state index in [0.717, 1.165) is 11.1 Å². The minimum Gasteiger partial charge on any atom is -0.490 e. The maximum absolute atomic E-state index is 12.4. The van der Waals surface area contributed by atoms with E-state index in [9.17, 15) is 14.4 Å². The first-order chi connectivity index (χ1) is 14.9. The number of Topliss-reactive ketones (excluding diaryl/α,β-unsaturated/α-hetero) is 1. The molecule has 0 saturated carbocycles. The lowest BCUT2D eigenvalue weighted by molar-refractivity contribution is -0.136. The number of rotatable bonds is 9. The summed E-state index contributed by atoms with van der Waals surface area (Å²) in [5.41, 5.74) is 2.60. The molecule has 0 aliphatic carbocycles. The number of esters is 1. The molecule has 3 rings (SSSR count). The molecular weight excluding hydrogens is 398 g/mol. The van der Waals surface area contributed by atoms with Crippen molar-refractivity contribution in [1.82, 2.24) is 0 Å². The highest BCUT2D eigenvalue weighted by Gasteiger charge is 2.27. The predicted octanol–water partition coefficient (Wildman–Crippen LogP) is 3.98. The zero-order valence-electron chi connectivity index (χ0n) is 17.8. The molecule has 1 aliphatic rings. The summed E-state index contributed by atoms with van der Waals surface area (Å²) in [4.78, 5) is 36.2. The highest BCUT2D eigenvalue weighted by Crippen LogP contribution is 2.33. The fourth-order valence-electron chi connectivity index (χ4n) is 3.19. The van der Waals surface area contributed by atoms with Gasteiger partial charge in [0.1, 0.15) is 0 Å². The van der Waals surface area contributed by atoms with Crippen molar-refractivity contribution < 1.29 is 28.6 Å². The molecule has 31 heavy (non-hydrogen) atoms. The zero-order chi connectivity index (χ0) is 22.4. The highest BCUT2D eigenvalue weighted by atomic mass is 16.5. The molecule has 1 N–H and O–H groups in total. The van der Waals surface area contributed by atoms with Crippen LogP contribution in [-0.4, -0.2) is 37.5 Å². The molecule has 0 bridgehead atoms. The number of anilines is 1.